The minimum Gasteiger partial charge on any atom is -0.307 e. The van der Waals surface area contributed by atoms with Gasteiger partial charge in [0.25, 0.3) is 0 Å². The summed E-state index contributed by atoms with van der Waals surface area (Å²) in [7, 11) is 0. The van der Waals surface area contributed by atoms with Gasteiger partial charge in [-0.15, -0.1) is 0 Å². The van der Waals surface area contributed by atoms with Crippen LogP contribution in [0.15, 0.2) is 54.6 Å². The van der Waals surface area contributed by atoms with Gasteiger partial charge in [0, 0.05) is 12.1 Å². The van der Waals surface area contributed by atoms with E-state index in [0.29, 0.717) is 12.1 Å². The zero-order valence-electron chi connectivity index (χ0n) is 12.2. The van der Waals surface area contributed by atoms with Gasteiger partial charge in [-0.1, -0.05) is 67.9 Å². The fourth-order valence-corrected chi connectivity index (χ4v) is 3.28. The maximum atomic E-state index is 3.88. The van der Waals surface area contributed by atoms with Gasteiger partial charge in [-0.2, -0.15) is 0 Å². The van der Waals surface area contributed by atoms with Gasteiger partial charge in [0.2, 0.25) is 0 Å². The molecule has 1 heteroatoms. The van der Waals surface area contributed by atoms with Gasteiger partial charge >= 0.3 is 0 Å². The molecule has 2 aromatic rings. The molecule has 0 bridgehead atoms. The molecular formula is C19H23N. The average Bonchev–Trinajstić information content (AvgIpc) is 2.90. The van der Waals surface area contributed by atoms with Gasteiger partial charge in [-0.25, -0.2) is 0 Å². The number of nitrogens with one attached hydrogen (secondary N) is 1. The van der Waals surface area contributed by atoms with Crippen LogP contribution in [0.25, 0.3) is 0 Å². The molecule has 0 spiro atoms. The molecule has 2 aromatic carbocycles. The lowest BCUT2D eigenvalue weighted by molar-refractivity contribution is 0.421. The molecule has 0 heterocycles. The van der Waals surface area contributed by atoms with Gasteiger partial charge in [0.1, 0.15) is 0 Å². The van der Waals surface area contributed by atoms with E-state index in [4.69, 9.17) is 0 Å². The highest BCUT2D eigenvalue weighted by molar-refractivity contribution is 5.33. The highest BCUT2D eigenvalue weighted by Crippen LogP contribution is 2.26. The maximum absolute atomic E-state index is 3.88. The molecule has 0 aliphatic heterocycles. The van der Waals surface area contributed by atoms with Crippen molar-refractivity contribution in [2.45, 2.75) is 44.7 Å². The third-order valence-corrected chi connectivity index (χ3v) is 4.27. The van der Waals surface area contributed by atoms with E-state index in [9.17, 15) is 0 Å². The van der Waals surface area contributed by atoms with Gasteiger partial charge < -0.3 is 5.32 Å². The van der Waals surface area contributed by atoms with Crippen molar-refractivity contribution in [3.63, 3.8) is 0 Å². The summed E-state index contributed by atoms with van der Waals surface area (Å²) < 4.78 is 0. The van der Waals surface area contributed by atoms with Crippen LogP contribution in [0.2, 0.25) is 0 Å². The third kappa shape index (κ3) is 2.94. The quantitative estimate of drug-likeness (QED) is 0.850. The summed E-state index contributed by atoms with van der Waals surface area (Å²) in [5, 5.41) is 3.88. The summed E-state index contributed by atoms with van der Waals surface area (Å²) in [4.78, 5) is 0. The van der Waals surface area contributed by atoms with E-state index in [2.05, 4.69) is 66.8 Å². The Morgan fingerprint density at radius 3 is 2.15 bits per heavy atom. The second kappa shape index (κ2) is 6.23. The Kier molecular flexibility index (Phi) is 4.17. The van der Waals surface area contributed by atoms with Gasteiger partial charge in [-0.05, 0) is 36.0 Å². The molecule has 0 aromatic heterocycles. The summed E-state index contributed by atoms with van der Waals surface area (Å²) in [6.45, 7) is 2.26. The molecule has 104 valence electrons. The van der Waals surface area contributed by atoms with Gasteiger partial charge in [0.15, 0.2) is 0 Å². The van der Waals surface area contributed by atoms with E-state index in [1.54, 1.807) is 0 Å². The normalized spacial score (nSPS) is 16.1. The second-order valence-corrected chi connectivity index (χ2v) is 5.79. The minimum absolute atomic E-state index is 0.487. The van der Waals surface area contributed by atoms with Crippen molar-refractivity contribution < 1.29 is 0 Å². The lowest BCUT2D eigenvalue weighted by atomic mass is 10.0. The fraction of sp³-hybridized carbons (Fsp3) is 0.368. The van der Waals surface area contributed by atoms with E-state index >= 15 is 0 Å². The van der Waals surface area contributed by atoms with Crippen LogP contribution in [0, 0.1) is 0 Å². The first-order valence-electron chi connectivity index (χ1n) is 7.74. The highest BCUT2D eigenvalue weighted by Gasteiger charge is 2.23. The molecule has 0 saturated carbocycles. The molecular weight excluding hydrogens is 242 g/mol. The lowest BCUT2D eigenvalue weighted by Crippen LogP contribution is -2.33. The Morgan fingerprint density at radius 2 is 1.55 bits per heavy atom. The summed E-state index contributed by atoms with van der Waals surface area (Å²) in [5.41, 5.74) is 4.46. The highest BCUT2D eigenvalue weighted by atomic mass is 15.0. The van der Waals surface area contributed by atoms with Crippen molar-refractivity contribution in [2.24, 2.45) is 0 Å². The van der Waals surface area contributed by atoms with Crippen LogP contribution in [0.3, 0.4) is 0 Å². The Balaban J connectivity index is 1.70. The number of benzene rings is 2. The maximum Gasteiger partial charge on any atom is 0.0322 e. The van der Waals surface area contributed by atoms with Crippen molar-refractivity contribution in [3.05, 3.63) is 71.3 Å². The van der Waals surface area contributed by atoms with Crippen LogP contribution in [-0.2, 0) is 12.8 Å². The summed E-state index contributed by atoms with van der Waals surface area (Å²) >= 11 is 0. The molecule has 0 amide bonds. The Labute approximate surface area is 122 Å². The zero-order valence-corrected chi connectivity index (χ0v) is 12.2. The zero-order chi connectivity index (χ0) is 13.8. The van der Waals surface area contributed by atoms with Gasteiger partial charge in [-0.3, -0.25) is 0 Å². The van der Waals surface area contributed by atoms with E-state index in [0.717, 1.165) is 0 Å². The summed E-state index contributed by atoms with van der Waals surface area (Å²) in [6, 6.07) is 20.8. The van der Waals surface area contributed by atoms with Crippen LogP contribution in [0.1, 0.15) is 42.5 Å². The Bertz CT molecular complexity index is 522. The molecule has 0 saturated heterocycles. The summed E-state index contributed by atoms with van der Waals surface area (Å²) in [5.74, 6) is 0. The largest absolute Gasteiger partial charge is 0.307 e. The topological polar surface area (TPSA) is 12.0 Å². The second-order valence-electron chi connectivity index (χ2n) is 5.79. The van der Waals surface area contributed by atoms with Crippen molar-refractivity contribution in [1.29, 1.82) is 0 Å². The SMILES string of the molecule is CCCC(NC1Cc2ccccc2C1)c1ccccc1. The first kappa shape index (κ1) is 13.4. The molecule has 0 radical (unpaired) electrons. The van der Waals surface area contributed by atoms with Crippen LogP contribution in [-0.4, -0.2) is 6.04 Å². The molecule has 1 aliphatic carbocycles. The van der Waals surface area contributed by atoms with Crippen LogP contribution in [0.5, 0.6) is 0 Å². The predicted molar refractivity (Wildman–Crippen MR) is 84.9 cm³/mol. The number of fused-ring (bicyclic) bond motifs is 1. The molecule has 3 rings (SSSR count). The molecule has 1 atom stereocenters. The van der Waals surface area contributed by atoms with Crippen molar-refractivity contribution in [3.8, 4) is 0 Å². The Hall–Kier alpha value is -1.60. The third-order valence-electron chi connectivity index (χ3n) is 4.27. The van der Waals surface area contributed by atoms with Crippen LogP contribution >= 0.6 is 0 Å². The van der Waals surface area contributed by atoms with Crippen molar-refractivity contribution in [2.75, 3.05) is 0 Å². The van der Waals surface area contributed by atoms with E-state index in [-0.39, 0.29) is 0 Å². The first-order valence-corrected chi connectivity index (χ1v) is 7.74. The lowest BCUT2D eigenvalue weighted by Gasteiger charge is -2.23. The fourth-order valence-electron chi connectivity index (χ4n) is 3.28. The molecule has 1 N–H and O–H groups in total. The Morgan fingerprint density at radius 1 is 0.950 bits per heavy atom. The first-order chi connectivity index (χ1) is 9.86. The number of hydrogen-bond acceptors (Lipinski definition) is 1. The predicted octanol–water partition coefficient (Wildman–Crippen LogP) is 4.28. The average molecular weight is 265 g/mol. The van der Waals surface area contributed by atoms with Gasteiger partial charge in [0.05, 0.1) is 0 Å². The van der Waals surface area contributed by atoms with Crippen LogP contribution in [0.4, 0.5) is 0 Å². The molecule has 1 aliphatic rings. The number of rotatable bonds is 5. The molecule has 1 unspecified atom stereocenters. The van der Waals surface area contributed by atoms with E-state index in [1.807, 2.05) is 0 Å². The van der Waals surface area contributed by atoms with Crippen molar-refractivity contribution in [1.82, 2.24) is 5.32 Å². The number of hydrogen-bond donors (Lipinski definition) is 1. The molecule has 20 heavy (non-hydrogen) atoms. The standard InChI is InChI=1S/C19H23N/c1-2-8-19(15-9-4-3-5-10-15)20-18-13-16-11-6-7-12-17(16)14-18/h3-7,9-12,18-20H,2,8,13-14H2,1H3. The van der Waals surface area contributed by atoms with E-state index in [1.165, 1.54) is 42.4 Å². The molecule has 0 fully saturated rings. The minimum atomic E-state index is 0.487. The van der Waals surface area contributed by atoms with E-state index < -0.39 is 0 Å². The smallest absolute Gasteiger partial charge is 0.0322 e. The van der Waals surface area contributed by atoms with Crippen molar-refractivity contribution >= 4 is 0 Å². The van der Waals surface area contributed by atoms with Crippen LogP contribution < -0.4 is 5.32 Å². The molecule has 1 nitrogen and oxygen atoms in total. The monoisotopic (exact) mass is 265 g/mol. The summed E-state index contributed by atoms with van der Waals surface area (Å²) in [6.07, 6.45) is 4.76.